The first-order valence-electron chi connectivity index (χ1n) is 11.1. The van der Waals surface area contributed by atoms with Gasteiger partial charge in [-0.15, -0.1) is 0 Å². The van der Waals surface area contributed by atoms with Crippen LogP contribution in [0, 0.1) is 25.7 Å². The minimum atomic E-state index is 0.699. The molecule has 0 amide bonds. The molecule has 6 nitrogen and oxygen atoms in total. The number of aromatic nitrogens is 1. The first kappa shape index (κ1) is 22.7. The molecule has 1 fully saturated rings. The van der Waals surface area contributed by atoms with E-state index in [2.05, 4.69) is 39.4 Å². The maximum absolute atomic E-state index is 5.73. The first-order valence-corrected chi connectivity index (χ1v) is 11.1. The summed E-state index contributed by atoms with van der Waals surface area (Å²) in [6.45, 7) is 13.6. The molecule has 1 atom stereocenters. The highest BCUT2D eigenvalue weighted by molar-refractivity contribution is 5.79. The van der Waals surface area contributed by atoms with Crippen LogP contribution in [0.2, 0.25) is 0 Å². The number of hydrogen-bond donors (Lipinski definition) is 2. The highest BCUT2D eigenvalue weighted by atomic mass is 16.4. The van der Waals surface area contributed by atoms with E-state index in [0.717, 1.165) is 61.9 Å². The molecule has 2 heterocycles. The molecule has 0 saturated carbocycles. The van der Waals surface area contributed by atoms with E-state index in [4.69, 9.17) is 4.42 Å². The van der Waals surface area contributed by atoms with Crippen molar-refractivity contribution < 1.29 is 4.42 Å². The fraction of sp³-hybridized carbons (Fsp3) is 0.818. The number of hydrogen-bond acceptors (Lipinski definition) is 4. The fourth-order valence-corrected chi connectivity index (χ4v) is 3.79. The third-order valence-corrected chi connectivity index (χ3v) is 6.02. The minimum absolute atomic E-state index is 0.699. The van der Waals surface area contributed by atoms with Crippen LogP contribution in [0.4, 0.5) is 0 Å². The number of aryl methyl sites for hydroxylation is 2. The molecule has 1 aromatic rings. The molecule has 2 rings (SSSR count). The summed E-state index contributed by atoms with van der Waals surface area (Å²) in [5.41, 5.74) is 1.01. The summed E-state index contributed by atoms with van der Waals surface area (Å²) < 4.78 is 5.73. The van der Waals surface area contributed by atoms with E-state index in [0.29, 0.717) is 5.92 Å². The van der Waals surface area contributed by atoms with E-state index in [1.807, 2.05) is 20.9 Å². The van der Waals surface area contributed by atoms with Gasteiger partial charge in [0.2, 0.25) is 5.89 Å². The monoisotopic (exact) mass is 391 g/mol. The maximum atomic E-state index is 5.73. The van der Waals surface area contributed by atoms with Crippen molar-refractivity contribution in [1.82, 2.24) is 20.5 Å². The summed E-state index contributed by atoms with van der Waals surface area (Å²) in [7, 11) is 1.87. The van der Waals surface area contributed by atoms with Gasteiger partial charge in [0, 0.05) is 20.1 Å². The molecule has 28 heavy (non-hydrogen) atoms. The van der Waals surface area contributed by atoms with Crippen molar-refractivity contribution in [2.75, 3.05) is 33.2 Å². The Hall–Kier alpha value is -1.56. The van der Waals surface area contributed by atoms with Gasteiger partial charge in [0.15, 0.2) is 5.96 Å². The summed E-state index contributed by atoms with van der Waals surface area (Å²) in [5.74, 6) is 4.18. The van der Waals surface area contributed by atoms with Crippen molar-refractivity contribution in [2.24, 2.45) is 16.8 Å². The van der Waals surface area contributed by atoms with Crippen LogP contribution in [-0.2, 0) is 6.54 Å². The number of nitrogens with zero attached hydrogens (tertiary/aromatic N) is 3. The molecule has 1 aromatic heterocycles. The van der Waals surface area contributed by atoms with Gasteiger partial charge < -0.3 is 15.1 Å². The van der Waals surface area contributed by atoms with Crippen LogP contribution in [0.25, 0.3) is 0 Å². The maximum Gasteiger partial charge on any atom is 0.208 e. The zero-order valence-corrected chi connectivity index (χ0v) is 18.7. The number of piperidine rings is 1. The lowest BCUT2D eigenvalue weighted by Gasteiger charge is -2.31. The number of rotatable bonds is 10. The van der Waals surface area contributed by atoms with Crippen LogP contribution in [-0.4, -0.2) is 49.1 Å². The van der Waals surface area contributed by atoms with Crippen LogP contribution >= 0.6 is 0 Å². The topological polar surface area (TPSA) is 65.7 Å². The van der Waals surface area contributed by atoms with Crippen molar-refractivity contribution in [3.05, 3.63) is 17.3 Å². The molecule has 0 bridgehead atoms. The van der Waals surface area contributed by atoms with Gasteiger partial charge in [-0.3, -0.25) is 9.89 Å². The molecular weight excluding hydrogens is 350 g/mol. The molecule has 160 valence electrons. The highest BCUT2D eigenvalue weighted by Crippen LogP contribution is 2.19. The van der Waals surface area contributed by atoms with Gasteiger partial charge in [-0.05, 0) is 58.0 Å². The lowest BCUT2D eigenvalue weighted by molar-refractivity contribution is 0.164. The summed E-state index contributed by atoms with van der Waals surface area (Å²) in [6.07, 6.45) is 7.54. The standard InChI is InChI=1S/C22H41N5O/c1-6-8-9-19(7-2)14-24-22(23-5)25-15-20-10-12-27(13-11-20)16-21-26-17(3)18(4)28-21/h19-20H,6-16H2,1-5H3,(H2,23,24,25). The van der Waals surface area contributed by atoms with E-state index in [9.17, 15) is 0 Å². The van der Waals surface area contributed by atoms with Crippen molar-refractivity contribution in [2.45, 2.75) is 72.8 Å². The quantitative estimate of drug-likeness (QED) is 0.468. The van der Waals surface area contributed by atoms with Crippen molar-refractivity contribution in [3.63, 3.8) is 0 Å². The Bertz CT molecular complexity index is 570. The largest absolute Gasteiger partial charge is 0.444 e. The van der Waals surface area contributed by atoms with Crippen LogP contribution in [0.3, 0.4) is 0 Å². The third-order valence-electron chi connectivity index (χ3n) is 6.02. The number of nitrogens with one attached hydrogen (secondary N) is 2. The summed E-state index contributed by atoms with van der Waals surface area (Å²) in [4.78, 5) is 11.4. The van der Waals surface area contributed by atoms with Gasteiger partial charge in [-0.2, -0.15) is 0 Å². The molecule has 2 N–H and O–H groups in total. The van der Waals surface area contributed by atoms with Gasteiger partial charge in [-0.1, -0.05) is 33.1 Å². The normalized spacial score (nSPS) is 17.7. The van der Waals surface area contributed by atoms with E-state index in [-0.39, 0.29) is 0 Å². The minimum Gasteiger partial charge on any atom is -0.444 e. The number of guanidine groups is 1. The Morgan fingerprint density at radius 2 is 2.00 bits per heavy atom. The molecule has 6 heteroatoms. The van der Waals surface area contributed by atoms with Crippen LogP contribution in [0.5, 0.6) is 0 Å². The van der Waals surface area contributed by atoms with Gasteiger partial charge in [-0.25, -0.2) is 4.98 Å². The Balaban J connectivity index is 1.66. The molecule has 1 aliphatic heterocycles. The predicted molar refractivity (Wildman–Crippen MR) is 117 cm³/mol. The van der Waals surface area contributed by atoms with E-state index < -0.39 is 0 Å². The SMILES string of the molecule is CCCCC(CC)CNC(=NC)NCC1CCN(Cc2nc(C)c(C)o2)CC1. The summed E-state index contributed by atoms with van der Waals surface area (Å²) >= 11 is 0. The van der Waals surface area contributed by atoms with Crippen LogP contribution in [0.15, 0.2) is 9.41 Å². The average Bonchev–Trinajstić information content (AvgIpc) is 3.02. The van der Waals surface area contributed by atoms with Crippen molar-refractivity contribution in [3.8, 4) is 0 Å². The zero-order valence-electron chi connectivity index (χ0n) is 18.7. The fourth-order valence-electron chi connectivity index (χ4n) is 3.79. The predicted octanol–water partition coefficient (Wildman–Crippen LogP) is 3.88. The Morgan fingerprint density at radius 1 is 1.25 bits per heavy atom. The number of likely N-dealkylation sites (tertiary alicyclic amines) is 1. The summed E-state index contributed by atoms with van der Waals surface area (Å²) in [5, 5.41) is 7.07. The lowest BCUT2D eigenvalue weighted by Crippen LogP contribution is -2.44. The summed E-state index contributed by atoms with van der Waals surface area (Å²) in [6, 6.07) is 0. The van der Waals surface area contributed by atoms with Gasteiger partial charge in [0.05, 0.1) is 12.2 Å². The van der Waals surface area contributed by atoms with Gasteiger partial charge >= 0.3 is 0 Å². The smallest absolute Gasteiger partial charge is 0.208 e. The van der Waals surface area contributed by atoms with E-state index in [1.165, 1.54) is 38.5 Å². The third kappa shape index (κ3) is 7.46. The molecule has 1 unspecified atom stereocenters. The second kappa shape index (κ2) is 12.1. The van der Waals surface area contributed by atoms with Gasteiger partial charge in [0.25, 0.3) is 0 Å². The van der Waals surface area contributed by atoms with Gasteiger partial charge in [0.1, 0.15) is 5.76 Å². The van der Waals surface area contributed by atoms with E-state index >= 15 is 0 Å². The molecule has 0 spiro atoms. The molecule has 0 aromatic carbocycles. The highest BCUT2D eigenvalue weighted by Gasteiger charge is 2.21. The van der Waals surface area contributed by atoms with Crippen molar-refractivity contribution in [1.29, 1.82) is 0 Å². The average molecular weight is 392 g/mol. The second-order valence-corrected chi connectivity index (χ2v) is 8.22. The molecule has 1 aliphatic rings. The molecule has 0 radical (unpaired) electrons. The number of oxazole rings is 1. The number of unbranched alkanes of at least 4 members (excludes halogenated alkanes) is 1. The number of aliphatic imine (C=N–C) groups is 1. The molecule has 1 saturated heterocycles. The van der Waals surface area contributed by atoms with Crippen molar-refractivity contribution >= 4 is 5.96 Å². The van der Waals surface area contributed by atoms with Crippen LogP contribution in [0.1, 0.15) is 69.7 Å². The molecule has 0 aliphatic carbocycles. The Morgan fingerprint density at radius 3 is 2.57 bits per heavy atom. The Kier molecular flexibility index (Phi) is 9.82. The first-order chi connectivity index (χ1) is 13.5. The lowest BCUT2D eigenvalue weighted by atomic mass is 9.97. The Labute approximate surface area is 171 Å². The zero-order chi connectivity index (χ0) is 20.4. The van der Waals surface area contributed by atoms with Crippen LogP contribution < -0.4 is 10.6 Å². The second-order valence-electron chi connectivity index (χ2n) is 8.22. The molecular formula is C22H41N5O. The van der Waals surface area contributed by atoms with E-state index in [1.54, 1.807) is 0 Å².